The van der Waals surface area contributed by atoms with Gasteiger partial charge in [-0.3, -0.25) is 9.59 Å². The van der Waals surface area contributed by atoms with Gasteiger partial charge in [-0.1, -0.05) is 6.92 Å². The quantitative estimate of drug-likeness (QED) is 0.740. The molecule has 2 aliphatic rings. The van der Waals surface area contributed by atoms with Crippen molar-refractivity contribution in [2.75, 3.05) is 44.6 Å². The SMILES string of the molecule is CCN1CCN(C(=O)CNS(=O)(=O)c2ccc3c(c2)CC(=O)N3)CC1. The first-order valence-electron chi connectivity index (χ1n) is 8.31. The third-order valence-electron chi connectivity index (χ3n) is 4.60. The summed E-state index contributed by atoms with van der Waals surface area (Å²) in [6, 6.07) is 4.47. The lowest BCUT2D eigenvalue weighted by molar-refractivity contribution is -0.131. The summed E-state index contributed by atoms with van der Waals surface area (Å²) < 4.78 is 27.2. The van der Waals surface area contributed by atoms with E-state index in [0.717, 1.165) is 19.6 Å². The number of anilines is 1. The van der Waals surface area contributed by atoms with Crippen molar-refractivity contribution in [3.05, 3.63) is 23.8 Å². The van der Waals surface area contributed by atoms with Crippen molar-refractivity contribution in [1.29, 1.82) is 0 Å². The minimum atomic E-state index is -3.80. The van der Waals surface area contributed by atoms with Crippen LogP contribution in [-0.2, 0) is 26.0 Å². The van der Waals surface area contributed by atoms with Crippen LogP contribution in [0, 0.1) is 0 Å². The standard InChI is InChI=1S/C16H22N4O4S/c1-2-19-5-7-20(8-6-19)16(22)11-17-25(23,24)13-3-4-14-12(9-13)10-15(21)18-14/h3-4,9,17H,2,5-8,10-11H2,1H3,(H,18,21). The van der Waals surface area contributed by atoms with Crippen LogP contribution in [0.4, 0.5) is 5.69 Å². The van der Waals surface area contributed by atoms with Gasteiger partial charge in [0.1, 0.15) is 0 Å². The van der Waals surface area contributed by atoms with Crippen LogP contribution in [0.1, 0.15) is 12.5 Å². The smallest absolute Gasteiger partial charge is 0.241 e. The number of piperazine rings is 1. The molecule has 2 N–H and O–H groups in total. The number of benzene rings is 1. The normalized spacial score (nSPS) is 18.1. The Hall–Kier alpha value is -1.97. The Morgan fingerprint density at radius 3 is 2.64 bits per heavy atom. The largest absolute Gasteiger partial charge is 0.339 e. The number of carbonyl (C=O) groups excluding carboxylic acids is 2. The number of hydrogen-bond donors (Lipinski definition) is 2. The highest BCUT2D eigenvalue weighted by atomic mass is 32.2. The Morgan fingerprint density at radius 1 is 1.24 bits per heavy atom. The fraction of sp³-hybridized carbons (Fsp3) is 0.500. The second-order valence-corrected chi connectivity index (χ2v) is 7.95. The summed E-state index contributed by atoms with van der Waals surface area (Å²) in [4.78, 5) is 27.6. The topological polar surface area (TPSA) is 98.8 Å². The van der Waals surface area contributed by atoms with Crippen molar-refractivity contribution < 1.29 is 18.0 Å². The van der Waals surface area contributed by atoms with Gasteiger partial charge in [-0.05, 0) is 30.3 Å². The molecule has 0 aromatic heterocycles. The molecule has 1 aromatic rings. The molecule has 136 valence electrons. The average Bonchev–Trinajstić information content (AvgIpc) is 2.99. The van der Waals surface area contributed by atoms with Crippen LogP contribution in [0.2, 0.25) is 0 Å². The summed E-state index contributed by atoms with van der Waals surface area (Å²) in [6.07, 6.45) is 0.166. The Bertz CT molecular complexity index is 785. The van der Waals surface area contributed by atoms with Crippen molar-refractivity contribution in [2.24, 2.45) is 0 Å². The molecule has 0 saturated carbocycles. The van der Waals surface area contributed by atoms with E-state index in [4.69, 9.17) is 0 Å². The number of carbonyl (C=O) groups is 2. The third-order valence-corrected chi connectivity index (χ3v) is 6.00. The second-order valence-electron chi connectivity index (χ2n) is 6.18. The predicted molar refractivity (Wildman–Crippen MR) is 92.7 cm³/mol. The summed E-state index contributed by atoms with van der Waals surface area (Å²) in [5, 5.41) is 2.66. The molecule has 9 heteroatoms. The van der Waals surface area contributed by atoms with E-state index in [1.807, 2.05) is 0 Å². The molecule has 2 heterocycles. The Balaban J connectivity index is 1.60. The Kier molecular flexibility index (Phi) is 5.07. The van der Waals surface area contributed by atoms with Gasteiger partial charge in [0, 0.05) is 31.9 Å². The van der Waals surface area contributed by atoms with E-state index in [2.05, 4.69) is 21.9 Å². The number of amides is 2. The van der Waals surface area contributed by atoms with E-state index in [-0.39, 0.29) is 29.7 Å². The van der Waals surface area contributed by atoms with E-state index in [0.29, 0.717) is 24.3 Å². The number of sulfonamides is 1. The molecule has 8 nitrogen and oxygen atoms in total. The fourth-order valence-electron chi connectivity index (χ4n) is 3.04. The highest BCUT2D eigenvalue weighted by Gasteiger charge is 2.24. The molecular formula is C16H22N4O4S. The summed E-state index contributed by atoms with van der Waals surface area (Å²) >= 11 is 0. The van der Waals surface area contributed by atoms with Crippen LogP contribution < -0.4 is 10.0 Å². The van der Waals surface area contributed by atoms with Crippen molar-refractivity contribution in [3.63, 3.8) is 0 Å². The Labute approximate surface area is 147 Å². The minimum Gasteiger partial charge on any atom is -0.339 e. The number of nitrogens with zero attached hydrogens (tertiary/aromatic N) is 2. The summed E-state index contributed by atoms with van der Waals surface area (Å²) in [6.45, 7) is 5.60. The van der Waals surface area contributed by atoms with Gasteiger partial charge in [0.2, 0.25) is 21.8 Å². The number of rotatable bonds is 5. The lowest BCUT2D eigenvalue weighted by atomic mass is 10.2. The monoisotopic (exact) mass is 366 g/mol. The molecule has 2 amide bonds. The summed E-state index contributed by atoms with van der Waals surface area (Å²) in [5.41, 5.74) is 1.28. The van der Waals surface area contributed by atoms with E-state index in [9.17, 15) is 18.0 Å². The molecule has 0 radical (unpaired) electrons. The number of nitrogens with one attached hydrogen (secondary N) is 2. The lowest BCUT2D eigenvalue weighted by Crippen LogP contribution is -2.51. The highest BCUT2D eigenvalue weighted by Crippen LogP contribution is 2.25. The Morgan fingerprint density at radius 2 is 1.96 bits per heavy atom. The van der Waals surface area contributed by atoms with Crippen molar-refractivity contribution >= 4 is 27.5 Å². The minimum absolute atomic E-state index is 0.0614. The van der Waals surface area contributed by atoms with Crippen LogP contribution in [0.15, 0.2) is 23.1 Å². The summed E-state index contributed by atoms with van der Waals surface area (Å²) in [7, 11) is -3.80. The molecule has 3 rings (SSSR count). The van der Waals surface area contributed by atoms with E-state index in [1.54, 1.807) is 11.0 Å². The van der Waals surface area contributed by atoms with Crippen LogP contribution in [-0.4, -0.2) is 69.3 Å². The lowest BCUT2D eigenvalue weighted by Gasteiger charge is -2.34. The zero-order valence-electron chi connectivity index (χ0n) is 14.1. The molecule has 2 aliphatic heterocycles. The molecule has 1 aromatic carbocycles. The number of fused-ring (bicyclic) bond motifs is 1. The maximum Gasteiger partial charge on any atom is 0.241 e. The second kappa shape index (κ2) is 7.11. The van der Waals surface area contributed by atoms with E-state index < -0.39 is 10.0 Å². The van der Waals surface area contributed by atoms with Crippen LogP contribution in [0.5, 0.6) is 0 Å². The first-order valence-corrected chi connectivity index (χ1v) is 9.80. The van der Waals surface area contributed by atoms with Crippen molar-refractivity contribution in [3.8, 4) is 0 Å². The molecule has 0 unspecified atom stereocenters. The van der Waals surface area contributed by atoms with Gasteiger partial charge in [-0.2, -0.15) is 0 Å². The van der Waals surface area contributed by atoms with Crippen LogP contribution in [0.3, 0.4) is 0 Å². The highest BCUT2D eigenvalue weighted by molar-refractivity contribution is 7.89. The molecule has 0 atom stereocenters. The summed E-state index contributed by atoms with van der Waals surface area (Å²) in [5.74, 6) is -0.378. The number of likely N-dealkylation sites (N-methyl/N-ethyl adjacent to an activating group) is 1. The third kappa shape index (κ3) is 4.00. The molecule has 1 fully saturated rings. The maximum atomic E-state index is 12.4. The molecule has 25 heavy (non-hydrogen) atoms. The van der Waals surface area contributed by atoms with Gasteiger partial charge in [-0.25, -0.2) is 13.1 Å². The maximum absolute atomic E-state index is 12.4. The predicted octanol–water partition coefficient (Wildman–Crippen LogP) is -0.376. The molecule has 0 spiro atoms. The zero-order chi connectivity index (χ0) is 18.0. The molecule has 1 saturated heterocycles. The van der Waals surface area contributed by atoms with Gasteiger partial charge >= 0.3 is 0 Å². The van der Waals surface area contributed by atoms with Crippen molar-refractivity contribution in [1.82, 2.24) is 14.5 Å². The molecule has 0 aliphatic carbocycles. The van der Waals surface area contributed by atoms with E-state index >= 15 is 0 Å². The first kappa shape index (κ1) is 17.8. The van der Waals surface area contributed by atoms with Crippen LogP contribution in [0.25, 0.3) is 0 Å². The molecular weight excluding hydrogens is 344 g/mol. The van der Waals surface area contributed by atoms with Gasteiger partial charge in [-0.15, -0.1) is 0 Å². The van der Waals surface area contributed by atoms with Gasteiger partial charge in [0.05, 0.1) is 17.9 Å². The fourth-order valence-corrected chi connectivity index (χ4v) is 4.06. The van der Waals surface area contributed by atoms with E-state index in [1.165, 1.54) is 12.1 Å². The van der Waals surface area contributed by atoms with Gasteiger partial charge in [0.25, 0.3) is 0 Å². The molecule has 0 bridgehead atoms. The first-order chi connectivity index (χ1) is 11.9. The van der Waals surface area contributed by atoms with Crippen LogP contribution >= 0.6 is 0 Å². The van der Waals surface area contributed by atoms with Gasteiger partial charge < -0.3 is 15.1 Å². The zero-order valence-corrected chi connectivity index (χ0v) is 14.9. The number of hydrogen-bond acceptors (Lipinski definition) is 5. The van der Waals surface area contributed by atoms with Crippen molar-refractivity contribution in [2.45, 2.75) is 18.2 Å². The average molecular weight is 366 g/mol. The van der Waals surface area contributed by atoms with Gasteiger partial charge in [0.15, 0.2) is 0 Å².